The lowest BCUT2D eigenvalue weighted by Crippen LogP contribution is -2.34. The molecule has 2 heterocycles. The van der Waals surface area contributed by atoms with E-state index < -0.39 is 6.10 Å². The number of nitrogens with zero attached hydrogens (tertiary/aromatic N) is 3. The zero-order chi connectivity index (χ0) is 14.8. The van der Waals surface area contributed by atoms with Gasteiger partial charge in [-0.1, -0.05) is 18.2 Å². The summed E-state index contributed by atoms with van der Waals surface area (Å²) >= 11 is 0. The summed E-state index contributed by atoms with van der Waals surface area (Å²) in [5.41, 5.74) is 5.79. The standard InChI is InChI=1S/C17H21N3O/c1-12-3-4-14(7-13(12)2)17(21)10-20-6-5-15-8-18-11-19-16(15)9-20/h3-4,7-8,11,17,21H,5-6,9-10H2,1-2H3/t17-/m1/s1. The number of aliphatic hydroxyl groups excluding tert-OH is 1. The number of β-amino-alcohol motifs (C(OH)–C–C–N with tert-alkyl or cyclic N) is 1. The van der Waals surface area contributed by atoms with Crippen molar-refractivity contribution in [2.24, 2.45) is 0 Å². The van der Waals surface area contributed by atoms with Gasteiger partial charge in [0.05, 0.1) is 11.8 Å². The van der Waals surface area contributed by atoms with Gasteiger partial charge in [0, 0.05) is 25.8 Å². The number of rotatable bonds is 3. The number of hydrogen-bond donors (Lipinski definition) is 1. The maximum absolute atomic E-state index is 10.5. The molecule has 0 saturated heterocycles. The fourth-order valence-electron chi connectivity index (χ4n) is 2.78. The van der Waals surface area contributed by atoms with Gasteiger partial charge in [-0.2, -0.15) is 0 Å². The highest BCUT2D eigenvalue weighted by atomic mass is 16.3. The highest BCUT2D eigenvalue weighted by Gasteiger charge is 2.20. The number of aryl methyl sites for hydroxylation is 2. The fourth-order valence-corrected chi connectivity index (χ4v) is 2.78. The fraction of sp³-hybridized carbons (Fsp3) is 0.412. The molecule has 4 nitrogen and oxygen atoms in total. The van der Waals surface area contributed by atoms with Crippen LogP contribution in [0.1, 0.15) is 34.1 Å². The number of hydrogen-bond acceptors (Lipinski definition) is 4. The molecule has 1 N–H and O–H groups in total. The van der Waals surface area contributed by atoms with Crippen molar-refractivity contribution in [3.05, 3.63) is 58.7 Å². The van der Waals surface area contributed by atoms with Gasteiger partial charge < -0.3 is 5.11 Å². The third kappa shape index (κ3) is 3.12. The van der Waals surface area contributed by atoms with Gasteiger partial charge in [0.25, 0.3) is 0 Å². The van der Waals surface area contributed by atoms with Crippen LogP contribution in [-0.2, 0) is 13.0 Å². The molecule has 0 unspecified atom stereocenters. The Morgan fingerprint density at radius 1 is 1.29 bits per heavy atom. The summed E-state index contributed by atoms with van der Waals surface area (Å²) < 4.78 is 0. The lowest BCUT2D eigenvalue weighted by molar-refractivity contribution is 0.105. The van der Waals surface area contributed by atoms with E-state index in [1.807, 2.05) is 12.3 Å². The summed E-state index contributed by atoms with van der Waals surface area (Å²) in [6, 6.07) is 6.18. The van der Waals surface area contributed by atoms with Crippen LogP contribution in [0, 0.1) is 13.8 Å². The van der Waals surface area contributed by atoms with E-state index in [-0.39, 0.29) is 0 Å². The van der Waals surface area contributed by atoms with Crippen LogP contribution in [0.15, 0.2) is 30.7 Å². The molecule has 0 aliphatic carbocycles. The number of aliphatic hydroxyl groups is 1. The van der Waals surface area contributed by atoms with Gasteiger partial charge in [-0.25, -0.2) is 9.97 Å². The Morgan fingerprint density at radius 2 is 2.14 bits per heavy atom. The van der Waals surface area contributed by atoms with Gasteiger partial charge in [0.15, 0.2) is 0 Å². The Hall–Kier alpha value is -1.78. The van der Waals surface area contributed by atoms with E-state index in [1.54, 1.807) is 6.33 Å². The molecule has 1 atom stereocenters. The van der Waals surface area contributed by atoms with Crippen molar-refractivity contribution in [1.82, 2.24) is 14.9 Å². The monoisotopic (exact) mass is 283 g/mol. The van der Waals surface area contributed by atoms with Crippen molar-refractivity contribution >= 4 is 0 Å². The average molecular weight is 283 g/mol. The zero-order valence-corrected chi connectivity index (χ0v) is 12.6. The molecular formula is C17H21N3O. The molecule has 4 heteroatoms. The Balaban J connectivity index is 1.68. The lowest BCUT2D eigenvalue weighted by Gasteiger charge is -2.29. The van der Waals surface area contributed by atoms with Crippen LogP contribution in [0.2, 0.25) is 0 Å². The Bertz CT molecular complexity index is 642. The molecule has 0 radical (unpaired) electrons. The molecular weight excluding hydrogens is 262 g/mol. The van der Waals surface area contributed by atoms with Gasteiger partial charge in [0.2, 0.25) is 0 Å². The predicted octanol–water partition coefficient (Wildman–Crippen LogP) is 2.19. The topological polar surface area (TPSA) is 49.2 Å². The largest absolute Gasteiger partial charge is 0.387 e. The molecule has 0 spiro atoms. The number of benzene rings is 1. The lowest BCUT2D eigenvalue weighted by atomic mass is 10.0. The SMILES string of the molecule is Cc1ccc([C@H](O)CN2CCc3cncnc3C2)cc1C. The molecule has 3 rings (SSSR count). The normalized spacial score (nSPS) is 16.5. The second-order valence-corrected chi connectivity index (χ2v) is 5.84. The van der Waals surface area contributed by atoms with E-state index in [0.29, 0.717) is 6.54 Å². The summed E-state index contributed by atoms with van der Waals surface area (Å²) in [4.78, 5) is 10.7. The Labute approximate surface area is 125 Å². The minimum absolute atomic E-state index is 0.451. The van der Waals surface area contributed by atoms with Crippen LogP contribution >= 0.6 is 0 Å². The van der Waals surface area contributed by atoms with Crippen molar-refractivity contribution in [1.29, 1.82) is 0 Å². The van der Waals surface area contributed by atoms with Gasteiger partial charge >= 0.3 is 0 Å². The van der Waals surface area contributed by atoms with E-state index >= 15 is 0 Å². The van der Waals surface area contributed by atoms with E-state index in [2.05, 4.69) is 40.8 Å². The third-order valence-electron chi connectivity index (χ3n) is 4.30. The second kappa shape index (κ2) is 5.92. The van der Waals surface area contributed by atoms with E-state index in [1.165, 1.54) is 16.7 Å². The number of aromatic nitrogens is 2. The van der Waals surface area contributed by atoms with Gasteiger partial charge in [0.1, 0.15) is 6.33 Å². The van der Waals surface area contributed by atoms with Crippen LogP contribution in [-0.4, -0.2) is 33.1 Å². The van der Waals surface area contributed by atoms with Crippen LogP contribution in [0.4, 0.5) is 0 Å². The average Bonchev–Trinajstić information content (AvgIpc) is 2.50. The highest BCUT2D eigenvalue weighted by molar-refractivity contribution is 5.31. The van der Waals surface area contributed by atoms with Crippen LogP contribution in [0.25, 0.3) is 0 Å². The first-order chi connectivity index (χ1) is 10.1. The molecule has 0 fully saturated rings. The highest BCUT2D eigenvalue weighted by Crippen LogP contribution is 2.21. The second-order valence-electron chi connectivity index (χ2n) is 5.84. The molecule has 1 aromatic heterocycles. The summed E-state index contributed by atoms with van der Waals surface area (Å²) in [7, 11) is 0. The van der Waals surface area contributed by atoms with Crippen molar-refractivity contribution in [2.75, 3.05) is 13.1 Å². The van der Waals surface area contributed by atoms with Gasteiger partial charge in [-0.05, 0) is 42.5 Å². The summed E-state index contributed by atoms with van der Waals surface area (Å²) in [5.74, 6) is 0. The Kier molecular flexibility index (Phi) is 3.99. The van der Waals surface area contributed by atoms with Crippen molar-refractivity contribution in [2.45, 2.75) is 32.9 Å². The molecule has 0 saturated carbocycles. The maximum atomic E-state index is 10.5. The van der Waals surface area contributed by atoms with Gasteiger partial charge in [-0.15, -0.1) is 0 Å². The quantitative estimate of drug-likeness (QED) is 0.938. The van der Waals surface area contributed by atoms with Crippen molar-refractivity contribution in [3.8, 4) is 0 Å². The van der Waals surface area contributed by atoms with E-state index in [0.717, 1.165) is 30.8 Å². The van der Waals surface area contributed by atoms with E-state index in [9.17, 15) is 5.11 Å². The molecule has 110 valence electrons. The molecule has 0 bridgehead atoms. The minimum Gasteiger partial charge on any atom is -0.387 e. The first-order valence-electron chi connectivity index (χ1n) is 7.39. The molecule has 1 aliphatic heterocycles. The molecule has 2 aromatic rings. The first-order valence-corrected chi connectivity index (χ1v) is 7.39. The molecule has 0 amide bonds. The zero-order valence-electron chi connectivity index (χ0n) is 12.6. The van der Waals surface area contributed by atoms with E-state index in [4.69, 9.17) is 0 Å². The predicted molar refractivity (Wildman–Crippen MR) is 81.9 cm³/mol. The van der Waals surface area contributed by atoms with Crippen LogP contribution in [0.5, 0.6) is 0 Å². The molecule has 1 aliphatic rings. The van der Waals surface area contributed by atoms with Crippen molar-refractivity contribution in [3.63, 3.8) is 0 Å². The van der Waals surface area contributed by atoms with Crippen LogP contribution in [0.3, 0.4) is 0 Å². The van der Waals surface area contributed by atoms with Gasteiger partial charge in [-0.3, -0.25) is 4.90 Å². The summed E-state index contributed by atoms with van der Waals surface area (Å²) in [5, 5.41) is 10.5. The smallest absolute Gasteiger partial charge is 0.115 e. The Morgan fingerprint density at radius 3 is 2.95 bits per heavy atom. The van der Waals surface area contributed by atoms with Crippen molar-refractivity contribution < 1.29 is 5.11 Å². The van der Waals surface area contributed by atoms with Crippen LogP contribution < -0.4 is 0 Å². The third-order valence-corrected chi connectivity index (χ3v) is 4.30. The molecule has 1 aromatic carbocycles. The summed E-state index contributed by atoms with van der Waals surface area (Å²) in [6.45, 7) is 6.56. The molecule has 21 heavy (non-hydrogen) atoms. The summed E-state index contributed by atoms with van der Waals surface area (Å²) in [6.07, 6.45) is 4.00. The minimum atomic E-state index is -0.451. The first kappa shape index (κ1) is 14.2. The maximum Gasteiger partial charge on any atom is 0.115 e. The number of fused-ring (bicyclic) bond motifs is 1.